The molecule has 0 aromatic rings. The van der Waals surface area contributed by atoms with Gasteiger partial charge in [0.2, 0.25) is 47.3 Å². The summed E-state index contributed by atoms with van der Waals surface area (Å²) in [5, 5.41) is 84.4. The van der Waals surface area contributed by atoms with Gasteiger partial charge in [-0.3, -0.25) is 138 Å². The Hall–Kier alpha value is -17.9. The quantitative estimate of drug-likeness (QED) is 0.0123. The zero-order chi connectivity index (χ0) is 97.3. The Bertz CT molecular complexity index is 4260. The summed E-state index contributed by atoms with van der Waals surface area (Å²) in [6, 6.07) is -15.0. The highest BCUT2D eigenvalue weighted by molar-refractivity contribution is 6.04. The number of rotatable bonds is 52. The number of carbonyl (C=O) groups excluding carboxylic acids is 20. The molecule has 69 heteroatoms. The topological polar surface area (TPSA) is 1050 Å². The van der Waals surface area contributed by atoms with Crippen molar-refractivity contribution in [3.8, 4) is 6.07 Å². The largest absolute Gasteiger partial charge is 0.481 e. The van der Waals surface area contributed by atoms with Crippen molar-refractivity contribution >= 4 is 142 Å². The zero-order valence-corrected chi connectivity index (χ0v) is 66.3. The summed E-state index contributed by atoms with van der Waals surface area (Å²) < 4.78 is 0. The molecular formula is C61H75N37O32. The second-order valence-electron chi connectivity index (χ2n) is 25.5. The smallest absolute Gasteiger partial charge is 0.333 e. The summed E-state index contributed by atoms with van der Waals surface area (Å²) in [4.78, 5) is 340. The monoisotopic (exact) mass is 1840 g/mol. The number of carboxylic acids is 4. The molecule has 16 amide bonds. The van der Waals surface area contributed by atoms with Crippen LogP contribution in [-0.2, 0) is 134 Å². The number of azide groups is 8. The van der Waals surface area contributed by atoms with Gasteiger partial charge in [-0.25, -0.2) is 19.2 Å². The van der Waals surface area contributed by atoms with Crippen LogP contribution in [0.4, 0.5) is 0 Å². The minimum absolute atomic E-state index is 0. The fraction of sp³-hybridized carbons (Fsp3) is 0.590. The van der Waals surface area contributed by atoms with E-state index in [4.69, 9.17) is 67.2 Å². The average Bonchev–Trinajstić information content (AvgIpc) is 1.14. The first-order valence-electron chi connectivity index (χ1n) is 36.4. The molecule has 696 valence electrons. The lowest BCUT2D eigenvalue weighted by Crippen LogP contribution is -2.80. The molecule has 4 heterocycles. The molecule has 4 aliphatic rings. The Labute approximate surface area is 722 Å². The van der Waals surface area contributed by atoms with Crippen molar-refractivity contribution in [2.24, 2.45) is 40.9 Å². The molecule has 4 fully saturated rings. The Balaban J connectivity index is 0.00000138. The fourth-order valence-electron chi connectivity index (χ4n) is 10.2. The zero-order valence-electron chi connectivity index (χ0n) is 66.3. The van der Waals surface area contributed by atoms with Crippen LogP contribution >= 0.6 is 0 Å². The molecule has 8 atom stereocenters. The first-order valence-corrected chi connectivity index (χ1v) is 36.4. The van der Waals surface area contributed by atoms with E-state index in [0.29, 0.717) is 0 Å². The van der Waals surface area contributed by atoms with E-state index in [9.17, 15) is 137 Å². The van der Waals surface area contributed by atoms with E-state index in [2.05, 4.69) is 80.2 Å². The molecule has 12 N–H and O–H groups in total. The van der Waals surface area contributed by atoms with Crippen molar-refractivity contribution in [2.45, 2.75) is 229 Å². The number of nitrogens with zero attached hydrogens (tertiary/aromatic N) is 29. The highest BCUT2D eigenvalue weighted by atomic mass is 16.7. The third kappa shape index (κ3) is 37.8. The van der Waals surface area contributed by atoms with E-state index in [-0.39, 0.29) is 79.0 Å². The molecule has 4 saturated heterocycles. The summed E-state index contributed by atoms with van der Waals surface area (Å²) in [6.07, 6.45) is -16.3. The molecule has 0 aliphatic carbocycles. The third-order valence-corrected chi connectivity index (χ3v) is 16.2. The average molecular weight is 1840 g/mol. The highest BCUT2D eigenvalue weighted by Gasteiger charge is 2.47. The maximum absolute atomic E-state index is 14.2. The van der Waals surface area contributed by atoms with Gasteiger partial charge in [0.05, 0.1) is 6.07 Å². The lowest BCUT2D eigenvalue weighted by atomic mass is 10.1. The Morgan fingerprint density at radius 1 is 0.300 bits per heavy atom. The van der Waals surface area contributed by atoms with E-state index in [0.717, 1.165) is 0 Å². The Morgan fingerprint density at radius 2 is 0.415 bits per heavy atom. The van der Waals surface area contributed by atoms with Crippen LogP contribution in [0.5, 0.6) is 0 Å². The number of hydrogen-bond donors (Lipinski definition) is 12. The number of carboxylic acid groups (broad SMARTS) is 4. The summed E-state index contributed by atoms with van der Waals surface area (Å²) in [7, 11) is 0. The van der Waals surface area contributed by atoms with Gasteiger partial charge in [0.1, 0.15) is 48.3 Å². The number of imide groups is 4. The van der Waals surface area contributed by atoms with E-state index < -0.39 is 305 Å². The second kappa shape index (κ2) is 55.9. The molecule has 130 heavy (non-hydrogen) atoms. The van der Waals surface area contributed by atoms with Gasteiger partial charge in [-0.2, -0.15) is 5.26 Å². The number of nitriles is 1. The summed E-state index contributed by atoms with van der Waals surface area (Å²) in [5.41, 5.74) is 73.4. The number of carbonyl (C=O) groups is 24. The lowest BCUT2D eigenvalue weighted by Gasteiger charge is -2.39. The van der Waals surface area contributed by atoms with Crippen molar-refractivity contribution in [3.63, 3.8) is 0 Å². The summed E-state index contributed by atoms with van der Waals surface area (Å²) in [5.74, 6) is -38.7. The van der Waals surface area contributed by atoms with Crippen LogP contribution in [0.3, 0.4) is 0 Å². The highest BCUT2D eigenvalue weighted by Crippen LogP contribution is 2.22. The standard InChI is InChI=1S/C37H40N20O20.C21H28N16O12.C2H3N.CH4/c38-50-46-17(1-13-29(66)74-54-21(58)5-6-22(54)59)33(70)42-37(43-34(71)18(47-51-39)2-14-30(67)75-55-23(60)7-8-24(55)61,44-35(72)19(48-52-40)3-15-31(68)76-56-25(62)9-10-26(56)63)45-36(73)20(49-53-41)4-16-32(69)77-57-27(64)11-12-28(57)65;22-34-30-9(1-5-13(38)39)17(46)26-21(27-18(47)10(31-35-23)2-6-14(40)41,28-19(48)11(32-36-24)3-7-15(42)43)29-20(49)12(33-37-25)4-8-16(44)45;1-2-3;/h17-20H,1-16H2,(H,42,70)(H,43,71)(H,44,72)(H,45,73);9-12H,1-8H2,(H,26,46)(H,27,47)(H,28,48)(H,29,49)(H,38,39)(H,40,41)(H,42,43)(H,44,45);1H3;1H4/t17-,18-,19-,20-;9-,10-,11-,12-;;/m00../s1. The van der Waals surface area contributed by atoms with Gasteiger partial charge in [0, 0.05) is 149 Å². The predicted molar refractivity (Wildman–Crippen MR) is 405 cm³/mol. The Morgan fingerprint density at radius 3 is 0.523 bits per heavy atom. The second-order valence-corrected chi connectivity index (χ2v) is 25.5. The molecular weight excluding hydrogens is 1760 g/mol. The van der Waals surface area contributed by atoms with Crippen molar-refractivity contribution in [1.82, 2.24) is 62.8 Å². The minimum atomic E-state index is -3.57. The van der Waals surface area contributed by atoms with Gasteiger partial charge in [0.15, 0.2) is 0 Å². The van der Waals surface area contributed by atoms with Gasteiger partial charge in [0.25, 0.3) is 59.1 Å². The molecule has 0 spiro atoms. The van der Waals surface area contributed by atoms with Gasteiger partial charge in [-0.15, -0.1) is 20.3 Å². The number of nitrogens with one attached hydrogen (secondary N) is 8. The van der Waals surface area contributed by atoms with Crippen LogP contribution in [0.1, 0.15) is 168 Å². The van der Waals surface area contributed by atoms with Gasteiger partial charge >= 0.3 is 47.8 Å². The maximum Gasteiger partial charge on any atom is 0.333 e. The van der Waals surface area contributed by atoms with Crippen LogP contribution in [0.2, 0.25) is 0 Å². The van der Waals surface area contributed by atoms with Gasteiger partial charge < -0.3 is 39.8 Å². The van der Waals surface area contributed by atoms with Gasteiger partial charge in [-0.1, -0.05) is 48.3 Å². The van der Waals surface area contributed by atoms with E-state index >= 15 is 0 Å². The van der Waals surface area contributed by atoms with Crippen molar-refractivity contribution in [2.75, 3.05) is 0 Å². The van der Waals surface area contributed by atoms with Crippen molar-refractivity contribution in [1.29, 1.82) is 5.26 Å². The van der Waals surface area contributed by atoms with Crippen molar-refractivity contribution in [3.05, 3.63) is 83.5 Å². The van der Waals surface area contributed by atoms with Crippen molar-refractivity contribution < 1.29 is 155 Å². The van der Waals surface area contributed by atoms with Gasteiger partial charge in [-0.05, 0) is 95.6 Å². The summed E-state index contributed by atoms with van der Waals surface area (Å²) in [6.45, 7) is 1.43. The molecule has 0 radical (unpaired) electrons. The van der Waals surface area contributed by atoms with E-state index in [1.165, 1.54) is 6.92 Å². The molecule has 4 aliphatic heterocycles. The SMILES string of the molecule is C.CC#N.[N-]=[N+]=N[C@@H](CCC(=O)O)C(=O)NC(NC(=O)[C@H](CCC(=O)O)N=[N+]=[N-])(NC(=O)[C@H](CCC(=O)O)N=[N+]=[N-])NC(=O)[C@H](CCC(=O)O)N=[N+]=[N-].[N-]=[N+]=N[C@@H](CCC(=O)ON1C(=O)CCC1=O)C(=O)NC(NC(=O)[C@H](CCC(=O)ON1C(=O)CCC1=O)N=[N+]=[N-])(NC(=O)[C@H](CCC(=O)ON1C(=O)CCC1=O)N=[N+]=[N-])NC(=O)[C@H](CCC(=O)ON1C(=O)CCC1=O)N=[N+]=[N-]. The molecule has 69 nitrogen and oxygen atoms in total. The maximum atomic E-state index is 14.2. The van der Waals surface area contributed by atoms with Crippen LogP contribution in [0, 0.1) is 11.3 Å². The molecule has 0 bridgehead atoms. The minimum Gasteiger partial charge on any atom is -0.481 e. The predicted octanol–water partition coefficient (Wildman–Crippen LogP) is -0.269. The molecule has 0 saturated carbocycles. The normalized spacial score (nSPS) is 15.4. The number of aliphatic carboxylic acids is 4. The van der Waals surface area contributed by atoms with Crippen LogP contribution in [0.15, 0.2) is 40.9 Å². The summed E-state index contributed by atoms with van der Waals surface area (Å²) >= 11 is 0. The fourth-order valence-corrected chi connectivity index (χ4v) is 10.2. The number of hydroxylamine groups is 8. The molecule has 0 aromatic heterocycles. The Kier molecular flexibility index (Phi) is 47.4. The molecule has 4 rings (SSSR count). The number of amides is 16. The first-order chi connectivity index (χ1) is 61.0. The van der Waals surface area contributed by atoms with E-state index in [1.807, 2.05) is 42.5 Å². The van der Waals surface area contributed by atoms with Crippen LogP contribution < -0.4 is 42.5 Å². The van der Waals surface area contributed by atoms with E-state index in [1.54, 1.807) is 6.07 Å². The number of hydrogen-bond acceptors (Lipinski definition) is 37. The molecule has 0 aromatic carbocycles. The third-order valence-electron chi connectivity index (χ3n) is 16.2. The molecule has 0 unspecified atom stereocenters. The first kappa shape index (κ1) is 110. The lowest BCUT2D eigenvalue weighted by molar-refractivity contribution is -0.197. The van der Waals surface area contributed by atoms with Crippen LogP contribution in [-0.4, -0.2) is 243 Å². The van der Waals surface area contributed by atoms with Crippen LogP contribution in [0.25, 0.3) is 83.5 Å².